The summed E-state index contributed by atoms with van der Waals surface area (Å²) in [7, 11) is 1.50. The SMILES string of the molecule is CCCC(C)(O)CNc1cc(C(F)(F)F)cc(NC)n1. The Balaban J connectivity index is 2.90. The molecule has 3 N–H and O–H groups in total. The van der Waals surface area contributed by atoms with Gasteiger partial charge in [-0.2, -0.15) is 13.2 Å². The minimum absolute atomic E-state index is 0.0838. The van der Waals surface area contributed by atoms with Crippen LogP contribution < -0.4 is 10.6 Å². The second-order valence-corrected chi connectivity index (χ2v) is 4.97. The molecular formula is C13H20F3N3O. The van der Waals surface area contributed by atoms with Gasteiger partial charge in [0.05, 0.1) is 11.2 Å². The molecule has 0 radical (unpaired) electrons. The summed E-state index contributed by atoms with van der Waals surface area (Å²) in [5, 5.41) is 15.3. The van der Waals surface area contributed by atoms with Crippen molar-refractivity contribution in [3.8, 4) is 0 Å². The Kier molecular flexibility index (Phi) is 5.21. The number of alkyl halides is 3. The molecule has 0 fully saturated rings. The number of nitrogens with zero attached hydrogens (tertiary/aromatic N) is 1. The summed E-state index contributed by atoms with van der Waals surface area (Å²) in [5.74, 6) is 0.206. The van der Waals surface area contributed by atoms with Crippen LogP contribution in [0.4, 0.5) is 24.8 Å². The van der Waals surface area contributed by atoms with Gasteiger partial charge in [0.1, 0.15) is 11.6 Å². The molecule has 1 aromatic rings. The Labute approximate surface area is 116 Å². The third-order valence-electron chi connectivity index (χ3n) is 2.85. The van der Waals surface area contributed by atoms with Crippen LogP contribution in [-0.2, 0) is 6.18 Å². The monoisotopic (exact) mass is 291 g/mol. The normalized spacial score (nSPS) is 14.8. The molecule has 7 heteroatoms. The van der Waals surface area contributed by atoms with Gasteiger partial charge in [-0.15, -0.1) is 0 Å². The van der Waals surface area contributed by atoms with E-state index in [0.717, 1.165) is 18.6 Å². The molecule has 0 amide bonds. The Morgan fingerprint density at radius 3 is 2.35 bits per heavy atom. The number of aliphatic hydroxyl groups is 1. The van der Waals surface area contributed by atoms with Crippen LogP contribution in [0.25, 0.3) is 0 Å². The quantitative estimate of drug-likeness (QED) is 0.754. The van der Waals surface area contributed by atoms with Crippen LogP contribution in [0.3, 0.4) is 0 Å². The number of nitrogens with one attached hydrogen (secondary N) is 2. The molecule has 114 valence electrons. The van der Waals surface area contributed by atoms with Crippen LogP contribution in [0.15, 0.2) is 12.1 Å². The van der Waals surface area contributed by atoms with Gasteiger partial charge in [0, 0.05) is 13.6 Å². The first kappa shape index (κ1) is 16.6. The molecule has 1 aromatic heterocycles. The molecule has 0 aliphatic carbocycles. The van der Waals surface area contributed by atoms with Gasteiger partial charge in [-0.05, 0) is 25.5 Å². The highest BCUT2D eigenvalue weighted by molar-refractivity contribution is 5.49. The molecule has 1 unspecified atom stereocenters. The van der Waals surface area contributed by atoms with Crippen LogP contribution in [0, 0.1) is 0 Å². The number of pyridine rings is 1. The van der Waals surface area contributed by atoms with E-state index >= 15 is 0 Å². The molecule has 1 heterocycles. The van der Waals surface area contributed by atoms with Gasteiger partial charge in [0.2, 0.25) is 0 Å². The number of hydrogen-bond acceptors (Lipinski definition) is 4. The van der Waals surface area contributed by atoms with E-state index in [-0.39, 0.29) is 18.2 Å². The van der Waals surface area contributed by atoms with Crippen molar-refractivity contribution in [1.29, 1.82) is 0 Å². The van der Waals surface area contributed by atoms with Crippen molar-refractivity contribution in [2.75, 3.05) is 24.2 Å². The van der Waals surface area contributed by atoms with Gasteiger partial charge >= 0.3 is 6.18 Å². The summed E-state index contributed by atoms with van der Waals surface area (Å²) < 4.78 is 38.2. The summed E-state index contributed by atoms with van der Waals surface area (Å²) in [6.07, 6.45) is -3.10. The van der Waals surface area contributed by atoms with E-state index in [1.54, 1.807) is 6.92 Å². The van der Waals surface area contributed by atoms with Crippen molar-refractivity contribution in [3.63, 3.8) is 0 Å². The minimum Gasteiger partial charge on any atom is -0.388 e. The molecule has 0 saturated heterocycles. The second kappa shape index (κ2) is 6.30. The molecule has 0 bridgehead atoms. The molecular weight excluding hydrogens is 271 g/mol. The molecule has 0 aliphatic rings. The van der Waals surface area contributed by atoms with Gasteiger partial charge in [-0.25, -0.2) is 4.98 Å². The highest BCUT2D eigenvalue weighted by Gasteiger charge is 2.31. The molecule has 0 saturated carbocycles. The highest BCUT2D eigenvalue weighted by atomic mass is 19.4. The number of hydrogen-bond donors (Lipinski definition) is 3. The number of aromatic nitrogens is 1. The lowest BCUT2D eigenvalue weighted by molar-refractivity contribution is -0.137. The summed E-state index contributed by atoms with van der Waals surface area (Å²) in [5.41, 5.74) is -1.76. The fraction of sp³-hybridized carbons (Fsp3) is 0.615. The molecule has 0 aliphatic heterocycles. The lowest BCUT2D eigenvalue weighted by atomic mass is 10.0. The molecule has 20 heavy (non-hydrogen) atoms. The highest BCUT2D eigenvalue weighted by Crippen LogP contribution is 2.32. The first-order valence-corrected chi connectivity index (χ1v) is 6.41. The lowest BCUT2D eigenvalue weighted by Gasteiger charge is -2.23. The van der Waals surface area contributed by atoms with Gasteiger partial charge in [0.15, 0.2) is 0 Å². The Morgan fingerprint density at radius 2 is 1.85 bits per heavy atom. The number of halogens is 3. The number of anilines is 2. The zero-order chi connectivity index (χ0) is 15.4. The topological polar surface area (TPSA) is 57.2 Å². The van der Waals surface area contributed by atoms with E-state index in [1.807, 2.05) is 6.92 Å². The van der Waals surface area contributed by atoms with Gasteiger partial charge < -0.3 is 15.7 Å². The maximum Gasteiger partial charge on any atom is 0.416 e. The minimum atomic E-state index is -4.43. The molecule has 0 spiro atoms. The maximum absolute atomic E-state index is 12.7. The van der Waals surface area contributed by atoms with E-state index in [1.165, 1.54) is 7.05 Å². The first-order valence-electron chi connectivity index (χ1n) is 6.41. The summed E-state index contributed by atoms with van der Waals surface area (Å²) in [6.45, 7) is 3.70. The average Bonchev–Trinajstić information content (AvgIpc) is 2.35. The summed E-state index contributed by atoms with van der Waals surface area (Å²) in [4.78, 5) is 4.00. The lowest BCUT2D eigenvalue weighted by Crippen LogP contribution is -2.33. The van der Waals surface area contributed by atoms with Crippen LogP contribution in [0.5, 0.6) is 0 Å². The Hall–Kier alpha value is -1.50. The van der Waals surface area contributed by atoms with E-state index in [4.69, 9.17) is 0 Å². The van der Waals surface area contributed by atoms with Gasteiger partial charge in [0.25, 0.3) is 0 Å². The zero-order valence-electron chi connectivity index (χ0n) is 11.8. The van der Waals surface area contributed by atoms with Crippen molar-refractivity contribution in [1.82, 2.24) is 4.98 Å². The van der Waals surface area contributed by atoms with E-state index in [9.17, 15) is 18.3 Å². The van der Waals surface area contributed by atoms with Crippen molar-refractivity contribution in [2.24, 2.45) is 0 Å². The molecule has 4 nitrogen and oxygen atoms in total. The fourth-order valence-corrected chi connectivity index (χ4v) is 1.82. The predicted molar refractivity (Wildman–Crippen MR) is 72.8 cm³/mol. The van der Waals surface area contributed by atoms with Crippen LogP contribution in [-0.4, -0.2) is 29.3 Å². The fourth-order valence-electron chi connectivity index (χ4n) is 1.82. The largest absolute Gasteiger partial charge is 0.416 e. The van der Waals surface area contributed by atoms with Gasteiger partial charge in [-0.3, -0.25) is 0 Å². The van der Waals surface area contributed by atoms with Crippen molar-refractivity contribution < 1.29 is 18.3 Å². The standard InChI is InChI=1S/C13H20F3N3O/c1-4-5-12(2,20)8-18-11-7-9(13(14,15)16)6-10(17-3)19-11/h6-7,20H,4-5,8H2,1-3H3,(H2,17,18,19). The zero-order valence-corrected chi connectivity index (χ0v) is 11.8. The summed E-state index contributed by atoms with van der Waals surface area (Å²) in [6, 6.07) is 1.87. The van der Waals surface area contributed by atoms with E-state index in [0.29, 0.717) is 6.42 Å². The summed E-state index contributed by atoms with van der Waals surface area (Å²) >= 11 is 0. The van der Waals surface area contributed by atoms with Crippen molar-refractivity contribution >= 4 is 11.6 Å². The third kappa shape index (κ3) is 4.88. The maximum atomic E-state index is 12.7. The third-order valence-corrected chi connectivity index (χ3v) is 2.85. The Bertz CT molecular complexity index is 447. The molecule has 1 atom stereocenters. The van der Waals surface area contributed by atoms with E-state index in [2.05, 4.69) is 15.6 Å². The van der Waals surface area contributed by atoms with Crippen LogP contribution >= 0.6 is 0 Å². The second-order valence-electron chi connectivity index (χ2n) is 4.97. The average molecular weight is 291 g/mol. The molecule has 1 rings (SSSR count). The smallest absolute Gasteiger partial charge is 0.388 e. The van der Waals surface area contributed by atoms with Crippen LogP contribution in [0.2, 0.25) is 0 Å². The molecule has 0 aromatic carbocycles. The van der Waals surface area contributed by atoms with Crippen molar-refractivity contribution in [3.05, 3.63) is 17.7 Å². The first-order chi connectivity index (χ1) is 9.18. The number of rotatable bonds is 6. The van der Waals surface area contributed by atoms with Crippen LogP contribution in [0.1, 0.15) is 32.3 Å². The predicted octanol–water partition coefficient (Wildman–Crippen LogP) is 3.11. The van der Waals surface area contributed by atoms with Gasteiger partial charge in [-0.1, -0.05) is 13.3 Å². The van der Waals surface area contributed by atoms with Crippen molar-refractivity contribution in [2.45, 2.75) is 38.5 Å². The van der Waals surface area contributed by atoms with E-state index < -0.39 is 17.3 Å². The Morgan fingerprint density at radius 1 is 1.25 bits per heavy atom.